The number of primary amides is 1. The van der Waals surface area contributed by atoms with Crippen LogP contribution in [0.5, 0.6) is 0 Å². The van der Waals surface area contributed by atoms with Crippen molar-refractivity contribution < 1.29 is 68.2 Å². The Bertz CT molecular complexity index is 4250. The molecule has 3 fully saturated rings. The molecule has 8 aromatic rings. The van der Waals surface area contributed by atoms with Gasteiger partial charge in [0.1, 0.15) is 53.6 Å². The van der Waals surface area contributed by atoms with Crippen molar-refractivity contribution in [3.63, 3.8) is 0 Å². The van der Waals surface area contributed by atoms with E-state index in [-0.39, 0.29) is 83.6 Å². The Hall–Kier alpha value is -9.88. The lowest BCUT2D eigenvalue weighted by Crippen LogP contribution is -2.36. The summed E-state index contributed by atoms with van der Waals surface area (Å²) in [5.74, 6) is -12.6. The first kappa shape index (κ1) is 62.0. The molecule has 14 rings (SSSR count). The van der Waals surface area contributed by atoms with Gasteiger partial charge in [-0.3, -0.25) is 33.7 Å². The summed E-state index contributed by atoms with van der Waals surface area (Å²) in [4.78, 5) is 78.5. The molecule has 5 N–H and O–H groups in total. The number of hydrogen-bond acceptors (Lipinski definition) is 10. The van der Waals surface area contributed by atoms with E-state index in [0.29, 0.717) is 82.5 Å². The number of hydrogen-bond donors (Lipinski definition) is 4. The second-order valence-corrected chi connectivity index (χ2v) is 24.5. The second kappa shape index (κ2) is 25.0. The van der Waals surface area contributed by atoms with E-state index in [1.165, 1.54) is 29.2 Å². The average molecular weight is 1280 g/mol. The summed E-state index contributed by atoms with van der Waals surface area (Å²) < 4.78 is 140. The predicted octanol–water partition coefficient (Wildman–Crippen LogP) is 11.5. The summed E-state index contributed by atoms with van der Waals surface area (Å²) in [5, 5.41) is 17.0. The largest absolute Gasteiger partial charge is 0.461 e. The molecule has 4 aromatic heterocycles. The van der Waals surface area contributed by atoms with E-state index in [2.05, 4.69) is 36.1 Å². The van der Waals surface area contributed by atoms with E-state index >= 15 is 8.78 Å². The van der Waals surface area contributed by atoms with Gasteiger partial charge in [0.05, 0.1) is 35.6 Å². The molecule has 2 bridgehead atoms. The van der Waals surface area contributed by atoms with Crippen LogP contribution in [0.15, 0.2) is 116 Å². The summed E-state index contributed by atoms with van der Waals surface area (Å²) in [6.45, 7) is -0.452. The smallest absolute Gasteiger partial charge is 0.359 e. The molecule has 93 heavy (non-hydrogen) atoms. The molecule has 0 spiro atoms. The second-order valence-electron chi connectivity index (χ2n) is 24.5. The number of rotatable bonds is 21. The zero-order valence-corrected chi connectivity index (χ0v) is 49.3. The molecule has 6 aliphatic rings. The van der Waals surface area contributed by atoms with E-state index in [9.17, 15) is 54.7 Å². The van der Waals surface area contributed by atoms with Gasteiger partial charge in [0, 0.05) is 83.1 Å². The maximum atomic E-state index is 15.4. The number of nitrogens with two attached hydrogens (primary N) is 1. The van der Waals surface area contributed by atoms with Gasteiger partial charge in [-0.2, -0.15) is 19.0 Å². The molecule has 1 saturated heterocycles. The minimum atomic E-state index is -3.48. The first-order valence-corrected chi connectivity index (χ1v) is 30.3. The standard InChI is InChI=1S/C67H58F9N11O6/c68-40-19-35(20-41(69)27-40)24-52(82-55(89)32-87-62-56(60(84-87)63(73)74)47-29-50(47)67(62,75)76)57-45(3-1-13-78-57)37-5-8-44(9-6-37)80-66(92)85-15-11-33(30-85)12-16-93-65(91)59-49-23-34-17-39(18-34)61(49)86(83-59)31-54(88)81-53(25-36-21-42(70)28-43(71)22-36)58-46(4-2-14-79-58)38-7-10-51(72)48(26-38)64(77)90/h1-10,13-14,19-22,26-28,33-34,39,47,50,52-53,63H,11-12,15-18,23-25,29-32H2,(H2,77,90)(H,80,92)(H,81,88)(H,82,89)/t33?,34?,39?,47?,50?,52-,53-/m0/s1. The van der Waals surface area contributed by atoms with Crippen molar-refractivity contribution in [1.29, 1.82) is 0 Å². The number of esters is 1. The van der Waals surface area contributed by atoms with E-state index in [0.717, 1.165) is 54.9 Å². The van der Waals surface area contributed by atoms with E-state index in [4.69, 9.17) is 10.5 Å². The van der Waals surface area contributed by atoms with Crippen molar-refractivity contribution in [3.8, 4) is 22.3 Å². The Kier molecular flexibility index (Phi) is 16.6. The van der Waals surface area contributed by atoms with E-state index < -0.39 is 113 Å². The normalized spacial score (nSPS) is 19.4. The van der Waals surface area contributed by atoms with Gasteiger partial charge in [-0.25, -0.2) is 40.3 Å². The van der Waals surface area contributed by atoms with Crippen LogP contribution in [0, 0.1) is 46.8 Å². The van der Waals surface area contributed by atoms with Crippen LogP contribution in [0.4, 0.5) is 50.0 Å². The third-order valence-corrected chi connectivity index (χ3v) is 18.2. The van der Waals surface area contributed by atoms with Crippen LogP contribution in [-0.2, 0) is 52.6 Å². The average Bonchev–Trinajstić information content (AvgIpc) is 1.48. The number of urea groups is 1. The maximum Gasteiger partial charge on any atom is 0.359 e. The summed E-state index contributed by atoms with van der Waals surface area (Å²) in [7, 11) is 0. The molecule has 480 valence electrons. The monoisotopic (exact) mass is 1280 g/mol. The molecule has 3 unspecified atom stereocenters. The molecule has 5 heterocycles. The number of benzene rings is 4. The first-order valence-electron chi connectivity index (χ1n) is 30.3. The van der Waals surface area contributed by atoms with Gasteiger partial charge in [-0.1, -0.05) is 30.3 Å². The lowest BCUT2D eigenvalue weighted by atomic mass is 9.64. The number of ether oxygens (including phenoxy) is 1. The lowest BCUT2D eigenvalue weighted by Gasteiger charge is -2.41. The number of nitrogens with one attached hydrogen (secondary N) is 3. The fourth-order valence-corrected chi connectivity index (χ4v) is 13.9. The van der Waals surface area contributed by atoms with Crippen LogP contribution in [0.3, 0.4) is 0 Å². The van der Waals surface area contributed by atoms with Crippen LogP contribution in [0.2, 0.25) is 0 Å². The van der Waals surface area contributed by atoms with Crippen molar-refractivity contribution in [2.24, 2.45) is 23.5 Å². The quantitative estimate of drug-likeness (QED) is 0.0394. The third kappa shape index (κ3) is 12.7. The minimum absolute atomic E-state index is 0.00702. The molecule has 17 nitrogen and oxygen atoms in total. The number of anilines is 1. The number of aromatic nitrogens is 6. The highest BCUT2D eigenvalue weighted by atomic mass is 19.3. The summed E-state index contributed by atoms with van der Waals surface area (Å²) in [5.41, 5.74) is 7.75. The van der Waals surface area contributed by atoms with Gasteiger partial charge < -0.3 is 31.3 Å². The van der Waals surface area contributed by atoms with Gasteiger partial charge in [-0.15, -0.1) is 0 Å². The van der Waals surface area contributed by atoms with Crippen molar-refractivity contribution in [1.82, 2.24) is 45.1 Å². The van der Waals surface area contributed by atoms with Gasteiger partial charge in [0.25, 0.3) is 18.3 Å². The molecule has 5 amide bonds. The fraction of sp³-hybridized carbons (Fsp3) is 0.328. The van der Waals surface area contributed by atoms with Crippen LogP contribution in [0.1, 0.15) is 134 Å². The van der Waals surface area contributed by atoms with Crippen LogP contribution in [-0.4, -0.2) is 83.8 Å². The van der Waals surface area contributed by atoms with Crippen LogP contribution in [0.25, 0.3) is 22.3 Å². The maximum absolute atomic E-state index is 15.4. The van der Waals surface area contributed by atoms with Crippen molar-refractivity contribution in [2.45, 2.75) is 101 Å². The molecule has 5 aliphatic carbocycles. The highest BCUT2D eigenvalue weighted by molar-refractivity contribution is 5.95. The number of amides is 5. The lowest BCUT2D eigenvalue weighted by molar-refractivity contribution is -0.123. The van der Waals surface area contributed by atoms with Gasteiger partial charge in [-0.05, 0) is 152 Å². The zero-order chi connectivity index (χ0) is 65.1. The highest BCUT2D eigenvalue weighted by Gasteiger charge is 2.67. The highest BCUT2D eigenvalue weighted by Crippen LogP contribution is 2.68. The number of halogens is 9. The summed E-state index contributed by atoms with van der Waals surface area (Å²) >= 11 is 0. The van der Waals surface area contributed by atoms with Crippen molar-refractivity contribution in [2.75, 3.05) is 25.0 Å². The molecule has 26 heteroatoms. The Morgan fingerprint density at radius 3 is 1.89 bits per heavy atom. The third-order valence-electron chi connectivity index (χ3n) is 18.2. The molecule has 2 saturated carbocycles. The Morgan fingerprint density at radius 1 is 0.699 bits per heavy atom. The minimum Gasteiger partial charge on any atom is -0.461 e. The molecular weight excluding hydrogens is 1230 g/mol. The topological polar surface area (TPSA) is 221 Å². The number of nitrogens with zero attached hydrogens (tertiary/aromatic N) is 7. The van der Waals surface area contributed by atoms with Gasteiger partial charge >= 0.3 is 12.0 Å². The summed E-state index contributed by atoms with van der Waals surface area (Å²) in [6, 6.07) is 20.1. The zero-order valence-electron chi connectivity index (χ0n) is 49.3. The van der Waals surface area contributed by atoms with Crippen LogP contribution < -0.4 is 21.7 Å². The number of fused-ring (bicyclic) bond motifs is 3. The summed E-state index contributed by atoms with van der Waals surface area (Å²) in [6.07, 6.45) is 2.66. The molecule has 4 aromatic carbocycles. The van der Waals surface area contributed by atoms with Gasteiger partial charge in [0.2, 0.25) is 11.8 Å². The number of carbonyl (C=O) groups excluding carboxylic acids is 5. The predicted molar refractivity (Wildman–Crippen MR) is 317 cm³/mol. The molecule has 1 aliphatic heterocycles. The van der Waals surface area contributed by atoms with Crippen molar-refractivity contribution >= 4 is 35.4 Å². The molecule has 0 radical (unpaired) electrons. The van der Waals surface area contributed by atoms with Gasteiger partial charge in [0.15, 0.2) is 5.69 Å². The SMILES string of the molecule is NC(=O)c1cc(-c2cccnc2[C@H](Cc2cc(F)cc(F)c2)NC(=O)Cn2nc(C(=O)OCCC3CCN(C(=O)Nc4ccc(-c5cccnc5[C@H](Cc5cc(F)cc(F)c5)NC(=O)Cn5nc(C(F)F)c6c5C(F)(F)C5CC65)cc4)C3)c3c2C2CC(C3)C2)ccc1F. The molecule has 5 atom stereocenters. The van der Waals surface area contributed by atoms with Crippen LogP contribution >= 0.6 is 0 Å². The Labute approximate surface area is 524 Å². The fourth-order valence-electron chi connectivity index (χ4n) is 13.9. The van der Waals surface area contributed by atoms with E-state index in [1.54, 1.807) is 53.4 Å². The number of carbonyl (C=O) groups is 5. The first-order chi connectivity index (χ1) is 44.6. The number of pyridine rings is 2. The molecular formula is C67H58F9N11O6. The Morgan fingerprint density at radius 2 is 1.29 bits per heavy atom. The number of likely N-dealkylation sites (tertiary alicyclic amines) is 1. The Balaban J connectivity index is 0.644. The number of alkyl halides is 4. The van der Waals surface area contributed by atoms with Crippen molar-refractivity contribution in [3.05, 3.63) is 207 Å². The van der Waals surface area contributed by atoms with E-state index in [1.807, 2.05) is 0 Å².